The van der Waals surface area contributed by atoms with Gasteiger partial charge in [0.1, 0.15) is 11.6 Å². The molecule has 1 fully saturated rings. The summed E-state index contributed by atoms with van der Waals surface area (Å²) in [5.41, 5.74) is 1.10. The zero-order valence-corrected chi connectivity index (χ0v) is 13.3. The van der Waals surface area contributed by atoms with E-state index in [0.29, 0.717) is 11.1 Å². The van der Waals surface area contributed by atoms with Crippen LogP contribution in [-0.4, -0.2) is 28.6 Å². The van der Waals surface area contributed by atoms with Crippen LogP contribution in [0.5, 0.6) is 0 Å². The number of nitrogens with zero attached hydrogens (tertiary/aromatic N) is 2. The quantitative estimate of drug-likeness (QED) is 0.933. The largest absolute Gasteiger partial charge is 0.391 e. The molecular weight excluding hydrogens is 326 g/mol. The number of hydrogen-bond acceptors (Lipinski definition) is 3. The predicted octanol–water partition coefficient (Wildman–Crippen LogP) is 2.98. The molecule has 0 unspecified atom stereocenters. The van der Waals surface area contributed by atoms with E-state index in [4.69, 9.17) is 5.26 Å². The van der Waals surface area contributed by atoms with E-state index in [0.717, 1.165) is 18.2 Å². The third kappa shape index (κ3) is 3.52. The first kappa shape index (κ1) is 17.1. The maximum Gasteiger partial charge on any atom is 0.254 e. The number of aliphatic hydroxyl groups excluding tert-OH is 1. The number of aliphatic hydroxyl groups is 1. The first-order valence-electron chi connectivity index (χ1n) is 7.89. The van der Waals surface area contributed by atoms with Gasteiger partial charge < -0.3 is 10.0 Å². The van der Waals surface area contributed by atoms with Gasteiger partial charge in [0.25, 0.3) is 5.91 Å². The second-order valence-corrected chi connectivity index (χ2v) is 6.06. The van der Waals surface area contributed by atoms with Crippen LogP contribution in [0, 0.1) is 23.0 Å². The summed E-state index contributed by atoms with van der Waals surface area (Å²) < 4.78 is 27.7. The Hall–Kier alpha value is -2.78. The zero-order valence-electron chi connectivity index (χ0n) is 13.3. The summed E-state index contributed by atoms with van der Waals surface area (Å²) in [4.78, 5) is 14.2. The summed E-state index contributed by atoms with van der Waals surface area (Å²) in [6.07, 6.45) is -0.491. The fraction of sp³-hybridized carbons (Fsp3) is 0.263. The summed E-state index contributed by atoms with van der Waals surface area (Å²) in [6, 6.07) is 11.0. The summed E-state index contributed by atoms with van der Waals surface area (Å²) in [6.45, 7) is 0.0436. The van der Waals surface area contributed by atoms with Crippen molar-refractivity contribution in [2.24, 2.45) is 0 Å². The highest BCUT2D eigenvalue weighted by molar-refractivity contribution is 5.95. The first-order chi connectivity index (χ1) is 12.0. The number of hydrogen-bond donors (Lipinski definition) is 1. The van der Waals surface area contributed by atoms with Crippen molar-refractivity contribution in [3.05, 3.63) is 70.8 Å². The van der Waals surface area contributed by atoms with E-state index < -0.39 is 23.8 Å². The number of nitriles is 1. The van der Waals surface area contributed by atoms with Gasteiger partial charge in [0.05, 0.1) is 24.6 Å². The lowest BCUT2D eigenvalue weighted by Gasteiger charge is -2.25. The Balaban J connectivity index is 1.94. The van der Waals surface area contributed by atoms with Crippen LogP contribution in [0.3, 0.4) is 0 Å². The molecule has 0 bridgehead atoms. The molecular formula is C19H16F2N2O2. The van der Waals surface area contributed by atoms with Gasteiger partial charge >= 0.3 is 0 Å². The first-order valence-corrected chi connectivity index (χ1v) is 7.89. The van der Waals surface area contributed by atoms with E-state index in [-0.39, 0.29) is 30.9 Å². The van der Waals surface area contributed by atoms with E-state index in [1.165, 1.54) is 4.90 Å². The third-order valence-electron chi connectivity index (χ3n) is 4.31. The molecule has 0 aliphatic carbocycles. The molecule has 2 aromatic rings. The van der Waals surface area contributed by atoms with E-state index in [2.05, 4.69) is 0 Å². The summed E-state index contributed by atoms with van der Waals surface area (Å²) >= 11 is 0. The Morgan fingerprint density at radius 3 is 2.84 bits per heavy atom. The van der Waals surface area contributed by atoms with Crippen LogP contribution in [-0.2, 0) is 6.42 Å². The molecule has 128 valence electrons. The Morgan fingerprint density at radius 1 is 1.28 bits per heavy atom. The summed E-state index contributed by atoms with van der Waals surface area (Å²) in [7, 11) is 0. The second kappa shape index (κ2) is 6.99. The number of likely N-dealkylation sites (tertiary alicyclic amines) is 1. The standard InChI is InChI=1S/C19H16F2N2O2/c20-14-4-5-17(21)16(9-14)18-10-15(24)11-23(18)19(25)13-3-1-2-12(8-13)6-7-22/h1-5,8-9,15,18,24H,6,10-11H2/t15-,18+/m0/s1. The molecule has 1 saturated heterocycles. The molecule has 0 radical (unpaired) electrons. The van der Waals surface area contributed by atoms with Gasteiger partial charge in [0.2, 0.25) is 0 Å². The number of β-amino-alcohol motifs (C(OH)–C–C–N with tert-alkyl or cyclic N) is 1. The van der Waals surface area contributed by atoms with Crippen molar-refractivity contribution in [1.29, 1.82) is 5.26 Å². The van der Waals surface area contributed by atoms with Crippen LogP contribution in [0.4, 0.5) is 8.78 Å². The van der Waals surface area contributed by atoms with Gasteiger partial charge in [-0.1, -0.05) is 12.1 Å². The van der Waals surface area contributed by atoms with Crippen LogP contribution in [0.1, 0.15) is 33.9 Å². The zero-order chi connectivity index (χ0) is 18.0. The number of carbonyl (C=O) groups excluding carboxylic acids is 1. The molecule has 0 spiro atoms. The molecule has 0 saturated carbocycles. The number of rotatable bonds is 3. The third-order valence-corrected chi connectivity index (χ3v) is 4.31. The Kier molecular flexibility index (Phi) is 4.77. The molecule has 4 nitrogen and oxygen atoms in total. The highest BCUT2D eigenvalue weighted by Crippen LogP contribution is 2.35. The molecule has 1 aliphatic heterocycles. The Bertz CT molecular complexity index is 848. The van der Waals surface area contributed by atoms with Gasteiger partial charge in [-0.2, -0.15) is 5.26 Å². The van der Waals surface area contributed by atoms with Gasteiger partial charge in [-0.05, 0) is 42.3 Å². The van der Waals surface area contributed by atoms with Crippen molar-refractivity contribution in [2.75, 3.05) is 6.54 Å². The molecule has 1 heterocycles. The smallest absolute Gasteiger partial charge is 0.254 e. The van der Waals surface area contributed by atoms with Gasteiger partial charge in [-0.15, -0.1) is 0 Å². The van der Waals surface area contributed by atoms with Crippen LogP contribution < -0.4 is 0 Å². The summed E-state index contributed by atoms with van der Waals surface area (Å²) in [5, 5.41) is 18.8. The average Bonchev–Trinajstić information content (AvgIpc) is 2.98. The topological polar surface area (TPSA) is 64.3 Å². The summed E-state index contributed by atoms with van der Waals surface area (Å²) in [5.74, 6) is -1.59. The monoisotopic (exact) mass is 342 g/mol. The molecule has 25 heavy (non-hydrogen) atoms. The van der Waals surface area contributed by atoms with Crippen molar-refractivity contribution in [2.45, 2.75) is 25.0 Å². The van der Waals surface area contributed by atoms with Gasteiger partial charge in [0, 0.05) is 17.7 Å². The van der Waals surface area contributed by atoms with Crippen molar-refractivity contribution in [1.82, 2.24) is 4.90 Å². The van der Waals surface area contributed by atoms with Crippen LogP contribution in [0.2, 0.25) is 0 Å². The predicted molar refractivity (Wildman–Crippen MR) is 86.5 cm³/mol. The van der Waals surface area contributed by atoms with Crippen molar-refractivity contribution >= 4 is 5.91 Å². The number of benzene rings is 2. The van der Waals surface area contributed by atoms with E-state index in [9.17, 15) is 18.7 Å². The lowest BCUT2D eigenvalue weighted by atomic mass is 10.0. The minimum atomic E-state index is -0.807. The van der Waals surface area contributed by atoms with E-state index in [1.807, 2.05) is 6.07 Å². The molecule has 0 aromatic heterocycles. The molecule has 1 aliphatic rings. The minimum absolute atomic E-state index is 0.0436. The van der Waals surface area contributed by atoms with Crippen LogP contribution in [0.25, 0.3) is 0 Å². The lowest BCUT2D eigenvalue weighted by molar-refractivity contribution is 0.0713. The highest BCUT2D eigenvalue weighted by atomic mass is 19.1. The maximum absolute atomic E-state index is 14.1. The SMILES string of the molecule is N#CCc1cccc(C(=O)N2C[C@@H](O)C[C@@H]2c2cc(F)ccc2F)c1. The maximum atomic E-state index is 14.1. The number of amides is 1. The van der Waals surface area contributed by atoms with Gasteiger partial charge in [-0.25, -0.2) is 8.78 Å². The van der Waals surface area contributed by atoms with Crippen molar-refractivity contribution < 1.29 is 18.7 Å². The molecule has 1 N–H and O–H groups in total. The lowest BCUT2D eigenvalue weighted by Crippen LogP contribution is -2.32. The van der Waals surface area contributed by atoms with Crippen LogP contribution in [0.15, 0.2) is 42.5 Å². The normalized spacial score (nSPS) is 19.7. The van der Waals surface area contributed by atoms with Gasteiger partial charge in [0.15, 0.2) is 0 Å². The number of carbonyl (C=O) groups is 1. The highest BCUT2D eigenvalue weighted by Gasteiger charge is 2.37. The van der Waals surface area contributed by atoms with Crippen molar-refractivity contribution in [3.8, 4) is 6.07 Å². The van der Waals surface area contributed by atoms with E-state index >= 15 is 0 Å². The molecule has 2 atom stereocenters. The van der Waals surface area contributed by atoms with Crippen molar-refractivity contribution in [3.63, 3.8) is 0 Å². The van der Waals surface area contributed by atoms with Gasteiger partial charge in [-0.3, -0.25) is 4.79 Å². The Labute approximate surface area is 143 Å². The molecule has 6 heteroatoms. The minimum Gasteiger partial charge on any atom is -0.391 e. The molecule has 3 rings (SSSR count). The average molecular weight is 342 g/mol. The number of halogens is 2. The molecule has 2 aromatic carbocycles. The fourth-order valence-electron chi connectivity index (χ4n) is 3.17. The van der Waals surface area contributed by atoms with E-state index in [1.54, 1.807) is 24.3 Å². The van der Waals surface area contributed by atoms with Crippen LogP contribution >= 0.6 is 0 Å². The fourth-order valence-corrected chi connectivity index (χ4v) is 3.17. The molecule has 1 amide bonds. The second-order valence-electron chi connectivity index (χ2n) is 6.06. The Morgan fingerprint density at radius 2 is 2.08 bits per heavy atom.